The SMILES string of the molecule is Cl.O=C1C=C2CN(C(C(=O)C3CC3)c3ccccc3F)CCC2S1. The summed E-state index contributed by atoms with van der Waals surface area (Å²) in [6, 6.07) is 6.05. The topological polar surface area (TPSA) is 37.4 Å². The molecule has 0 spiro atoms. The maximum absolute atomic E-state index is 14.3. The number of fused-ring (bicyclic) bond motifs is 1. The van der Waals surface area contributed by atoms with Gasteiger partial charge in [0.25, 0.3) is 0 Å². The van der Waals surface area contributed by atoms with Gasteiger partial charge in [-0.05, 0) is 37.0 Å². The fourth-order valence-corrected chi connectivity index (χ4v) is 4.54. The first kappa shape index (κ1) is 17.6. The van der Waals surface area contributed by atoms with E-state index in [1.165, 1.54) is 17.8 Å². The first-order valence-corrected chi connectivity index (χ1v) is 8.95. The second-order valence-corrected chi connectivity index (χ2v) is 7.71. The van der Waals surface area contributed by atoms with Crippen molar-refractivity contribution in [2.75, 3.05) is 13.1 Å². The van der Waals surface area contributed by atoms with Gasteiger partial charge >= 0.3 is 0 Å². The average molecular weight is 368 g/mol. The molecule has 0 N–H and O–H groups in total. The molecule has 2 atom stereocenters. The molecule has 0 aromatic heterocycles. The summed E-state index contributed by atoms with van der Waals surface area (Å²) in [6.45, 7) is 1.31. The smallest absolute Gasteiger partial charge is 0.212 e. The zero-order valence-corrected chi connectivity index (χ0v) is 14.7. The highest BCUT2D eigenvalue weighted by molar-refractivity contribution is 8.15. The van der Waals surface area contributed by atoms with Crippen molar-refractivity contribution >= 4 is 35.1 Å². The highest BCUT2D eigenvalue weighted by atomic mass is 35.5. The molecule has 6 heteroatoms. The van der Waals surface area contributed by atoms with Crippen LogP contribution in [0.15, 0.2) is 35.9 Å². The van der Waals surface area contributed by atoms with E-state index in [1.54, 1.807) is 24.3 Å². The first-order chi connectivity index (χ1) is 11.1. The van der Waals surface area contributed by atoms with Crippen molar-refractivity contribution in [3.63, 3.8) is 0 Å². The summed E-state index contributed by atoms with van der Waals surface area (Å²) in [5.74, 6) is -0.114. The summed E-state index contributed by atoms with van der Waals surface area (Å²) in [6.07, 6.45) is 4.36. The van der Waals surface area contributed by atoms with Crippen LogP contribution in [0.4, 0.5) is 4.39 Å². The van der Waals surface area contributed by atoms with E-state index in [4.69, 9.17) is 0 Å². The Labute approximate surface area is 151 Å². The number of piperidine rings is 1. The number of carbonyl (C=O) groups excluding carboxylic acids is 2. The van der Waals surface area contributed by atoms with Crippen LogP contribution in [-0.4, -0.2) is 34.1 Å². The molecule has 2 fully saturated rings. The minimum Gasteiger partial charge on any atom is -0.297 e. The molecule has 0 amide bonds. The van der Waals surface area contributed by atoms with Crippen molar-refractivity contribution in [2.45, 2.75) is 30.6 Å². The lowest BCUT2D eigenvalue weighted by Crippen LogP contribution is -2.42. The lowest BCUT2D eigenvalue weighted by molar-refractivity contribution is -0.126. The second kappa shape index (κ2) is 6.98. The Bertz CT molecular complexity index is 704. The largest absolute Gasteiger partial charge is 0.297 e. The summed E-state index contributed by atoms with van der Waals surface area (Å²) in [7, 11) is 0. The van der Waals surface area contributed by atoms with Gasteiger partial charge in [0.15, 0.2) is 5.78 Å². The number of nitrogens with zero attached hydrogens (tertiary/aromatic N) is 1. The fraction of sp³-hybridized carbons (Fsp3) is 0.444. The van der Waals surface area contributed by atoms with Crippen LogP contribution < -0.4 is 0 Å². The molecule has 24 heavy (non-hydrogen) atoms. The van der Waals surface area contributed by atoms with Crippen LogP contribution in [0.1, 0.15) is 30.9 Å². The zero-order valence-electron chi connectivity index (χ0n) is 13.1. The Morgan fingerprint density at radius 2 is 2.00 bits per heavy atom. The Kier molecular flexibility index (Phi) is 5.13. The molecule has 0 radical (unpaired) electrons. The van der Waals surface area contributed by atoms with E-state index in [0.717, 1.165) is 31.4 Å². The van der Waals surface area contributed by atoms with Crippen LogP contribution in [-0.2, 0) is 9.59 Å². The average Bonchev–Trinajstić information content (AvgIpc) is 3.31. The van der Waals surface area contributed by atoms with E-state index in [0.29, 0.717) is 12.1 Å². The van der Waals surface area contributed by atoms with E-state index < -0.39 is 6.04 Å². The van der Waals surface area contributed by atoms with Gasteiger partial charge in [0, 0.05) is 29.8 Å². The number of likely N-dealkylation sites (tertiary alicyclic amines) is 1. The minimum absolute atomic E-state index is 0. The van der Waals surface area contributed by atoms with Crippen LogP contribution in [0.25, 0.3) is 0 Å². The molecule has 0 bridgehead atoms. The van der Waals surface area contributed by atoms with Crippen molar-refractivity contribution < 1.29 is 14.0 Å². The van der Waals surface area contributed by atoms with Gasteiger partial charge in [-0.3, -0.25) is 14.5 Å². The van der Waals surface area contributed by atoms with Gasteiger partial charge in [-0.25, -0.2) is 4.39 Å². The lowest BCUT2D eigenvalue weighted by atomic mass is 9.94. The van der Waals surface area contributed by atoms with Crippen molar-refractivity contribution in [1.29, 1.82) is 0 Å². The summed E-state index contributed by atoms with van der Waals surface area (Å²) in [5.41, 5.74) is 1.55. The fourth-order valence-electron chi connectivity index (χ4n) is 3.52. The standard InChI is InChI=1S/C18H18FNO2S.ClH/c19-14-4-2-1-3-13(14)17(18(22)11-5-6-11)20-8-7-15-12(10-20)9-16(21)23-15;/h1-4,9,11,15,17H,5-8,10H2;1H. The quantitative estimate of drug-likeness (QED) is 0.815. The molecule has 1 aromatic rings. The van der Waals surface area contributed by atoms with E-state index in [2.05, 4.69) is 4.90 Å². The molecular formula is C18H19ClFNO2S. The van der Waals surface area contributed by atoms with Crippen LogP contribution in [0.3, 0.4) is 0 Å². The number of rotatable bonds is 4. The third kappa shape index (κ3) is 3.30. The Morgan fingerprint density at radius 3 is 2.71 bits per heavy atom. The van der Waals surface area contributed by atoms with Crippen LogP contribution in [0.5, 0.6) is 0 Å². The molecule has 2 aliphatic heterocycles. The monoisotopic (exact) mass is 367 g/mol. The maximum atomic E-state index is 14.3. The van der Waals surface area contributed by atoms with Gasteiger partial charge in [-0.15, -0.1) is 12.4 Å². The predicted molar refractivity (Wildman–Crippen MR) is 94.8 cm³/mol. The maximum Gasteiger partial charge on any atom is 0.212 e. The molecule has 2 heterocycles. The van der Waals surface area contributed by atoms with E-state index in [9.17, 15) is 14.0 Å². The number of thioether (sulfide) groups is 1. The molecule has 3 nitrogen and oxygen atoms in total. The van der Waals surface area contributed by atoms with E-state index in [1.807, 2.05) is 0 Å². The highest BCUT2D eigenvalue weighted by Crippen LogP contribution is 2.41. The van der Waals surface area contributed by atoms with E-state index in [-0.39, 0.29) is 40.3 Å². The lowest BCUT2D eigenvalue weighted by Gasteiger charge is -2.37. The molecular weight excluding hydrogens is 349 g/mol. The molecule has 1 aliphatic carbocycles. The van der Waals surface area contributed by atoms with Crippen molar-refractivity contribution in [3.8, 4) is 0 Å². The minimum atomic E-state index is -0.522. The molecule has 1 saturated carbocycles. The Hall–Kier alpha value is -1.17. The summed E-state index contributed by atoms with van der Waals surface area (Å²) >= 11 is 1.37. The van der Waals surface area contributed by atoms with Gasteiger partial charge in [0.2, 0.25) is 5.12 Å². The second-order valence-electron chi connectivity index (χ2n) is 6.50. The molecule has 1 saturated heterocycles. The normalized spacial score (nSPS) is 24.8. The third-order valence-corrected chi connectivity index (χ3v) is 6.03. The van der Waals surface area contributed by atoms with Crippen molar-refractivity contribution in [3.05, 3.63) is 47.3 Å². The van der Waals surface area contributed by atoms with Gasteiger partial charge in [-0.2, -0.15) is 0 Å². The predicted octanol–water partition coefficient (Wildman–Crippen LogP) is 3.54. The number of carbonyl (C=O) groups is 2. The zero-order chi connectivity index (χ0) is 16.0. The number of Topliss-reactive ketones (excluding diaryl/α,β-unsaturated/α-hetero) is 1. The highest BCUT2D eigenvalue weighted by Gasteiger charge is 2.42. The number of halogens is 2. The molecule has 128 valence electrons. The third-order valence-electron chi connectivity index (χ3n) is 4.85. The van der Waals surface area contributed by atoms with Gasteiger partial charge in [0.05, 0.1) is 6.04 Å². The number of hydrogen-bond acceptors (Lipinski definition) is 4. The summed E-state index contributed by atoms with van der Waals surface area (Å²) in [5, 5.41) is 0.346. The number of hydrogen-bond donors (Lipinski definition) is 0. The molecule has 1 aromatic carbocycles. The Morgan fingerprint density at radius 1 is 1.25 bits per heavy atom. The van der Waals surface area contributed by atoms with Crippen LogP contribution in [0.2, 0.25) is 0 Å². The van der Waals surface area contributed by atoms with Gasteiger partial charge in [-0.1, -0.05) is 30.0 Å². The first-order valence-electron chi connectivity index (χ1n) is 8.07. The van der Waals surface area contributed by atoms with Crippen LogP contribution in [0, 0.1) is 11.7 Å². The number of benzene rings is 1. The molecule has 4 rings (SSSR count). The molecule has 2 unspecified atom stereocenters. The van der Waals surface area contributed by atoms with Crippen molar-refractivity contribution in [1.82, 2.24) is 4.90 Å². The summed E-state index contributed by atoms with van der Waals surface area (Å²) < 4.78 is 14.3. The van der Waals surface area contributed by atoms with Crippen molar-refractivity contribution in [2.24, 2.45) is 5.92 Å². The van der Waals surface area contributed by atoms with Crippen LogP contribution >= 0.6 is 24.2 Å². The Balaban J connectivity index is 0.00000169. The van der Waals surface area contributed by atoms with E-state index >= 15 is 0 Å². The molecule has 3 aliphatic rings. The summed E-state index contributed by atoms with van der Waals surface area (Å²) in [4.78, 5) is 26.5. The number of ketones is 1. The van der Waals surface area contributed by atoms with Gasteiger partial charge in [0.1, 0.15) is 5.82 Å². The van der Waals surface area contributed by atoms with Gasteiger partial charge < -0.3 is 0 Å².